The molecule has 0 spiro atoms. The number of carbonyl (C=O) groups excluding carboxylic acids is 1. The zero-order chi connectivity index (χ0) is 28.4. The average Bonchev–Trinajstić information content (AvgIpc) is 3.38. The number of nitro groups is 1. The molecule has 16 heteroatoms. The van der Waals surface area contributed by atoms with Gasteiger partial charge in [-0.05, 0) is 43.2 Å². The van der Waals surface area contributed by atoms with Crippen molar-refractivity contribution in [2.75, 3.05) is 18.4 Å². The van der Waals surface area contributed by atoms with Crippen LogP contribution < -0.4 is 10.6 Å². The van der Waals surface area contributed by atoms with Crippen molar-refractivity contribution in [3.8, 4) is 0 Å². The van der Waals surface area contributed by atoms with Crippen LogP contribution in [0.3, 0.4) is 0 Å². The number of aromatic nitrogens is 1. The van der Waals surface area contributed by atoms with Crippen molar-refractivity contribution in [3.05, 3.63) is 79.8 Å². The predicted octanol–water partition coefficient (Wildman–Crippen LogP) is 4.92. The zero-order valence-electron chi connectivity index (χ0n) is 19.9. The van der Waals surface area contributed by atoms with E-state index in [-0.39, 0.29) is 52.0 Å². The monoisotopic (exact) mass is 603 g/mol. The molecular weight excluding hydrogens is 583 g/mol. The number of halogens is 4. The Morgan fingerprint density at radius 2 is 1.85 bits per heavy atom. The summed E-state index contributed by atoms with van der Waals surface area (Å²) in [7, 11) is -3.79. The van der Waals surface area contributed by atoms with Crippen LogP contribution in [0.2, 0.25) is 5.02 Å². The highest BCUT2D eigenvalue weighted by molar-refractivity contribution is 7.91. The minimum Gasteiger partial charge on any atom is -0.366 e. The van der Waals surface area contributed by atoms with Gasteiger partial charge in [0, 0.05) is 47.9 Å². The van der Waals surface area contributed by atoms with Crippen LogP contribution in [0.25, 0.3) is 0 Å². The predicted molar refractivity (Wildman–Crippen MR) is 138 cm³/mol. The number of pyridine rings is 1. The molecule has 0 saturated carbocycles. The smallest absolute Gasteiger partial charge is 0.366 e. The molecule has 0 unspecified atom stereocenters. The summed E-state index contributed by atoms with van der Waals surface area (Å²) in [5, 5.41) is 16.2. The van der Waals surface area contributed by atoms with E-state index in [9.17, 15) is 36.5 Å². The van der Waals surface area contributed by atoms with Crippen LogP contribution in [0.1, 0.15) is 33.6 Å². The van der Waals surface area contributed by atoms with Gasteiger partial charge in [0.2, 0.25) is 0 Å². The standard InChI is InChI=1S/C23H21ClF3N5O5S2/c24-19-11-15(23(25,26)27)12-28-21(19)30-16-7-9-31(10-8-16)39(36,37)20-6-5-18(38-20)13-29-22(33)14-1-3-17(4-2-14)32(34)35/h1-6,11-12,16H,7-10,13H2,(H,28,30)(H,29,33). The molecule has 4 rings (SSSR count). The number of thiophene rings is 1. The Bertz CT molecular complexity index is 1470. The molecule has 39 heavy (non-hydrogen) atoms. The van der Waals surface area contributed by atoms with Gasteiger partial charge in [-0.15, -0.1) is 11.3 Å². The van der Waals surface area contributed by atoms with Gasteiger partial charge in [-0.1, -0.05) is 11.6 Å². The van der Waals surface area contributed by atoms with Crippen LogP contribution in [0, 0.1) is 10.1 Å². The van der Waals surface area contributed by atoms with Crippen LogP contribution in [0.15, 0.2) is 52.9 Å². The molecule has 0 bridgehead atoms. The number of benzene rings is 1. The van der Waals surface area contributed by atoms with Crippen molar-refractivity contribution in [3.63, 3.8) is 0 Å². The molecule has 10 nitrogen and oxygen atoms in total. The van der Waals surface area contributed by atoms with Gasteiger partial charge in [-0.2, -0.15) is 17.5 Å². The maximum atomic E-state index is 13.1. The van der Waals surface area contributed by atoms with Gasteiger partial charge in [0.05, 0.1) is 22.1 Å². The number of nitrogens with one attached hydrogen (secondary N) is 2. The molecular formula is C23H21ClF3N5O5S2. The topological polar surface area (TPSA) is 135 Å². The minimum absolute atomic E-state index is 0.0723. The van der Waals surface area contributed by atoms with E-state index in [1.807, 2.05) is 0 Å². The lowest BCUT2D eigenvalue weighted by molar-refractivity contribution is -0.384. The Labute approximate surface area is 230 Å². The number of amides is 1. The molecule has 1 aliphatic heterocycles. The Kier molecular flexibility index (Phi) is 8.44. The summed E-state index contributed by atoms with van der Waals surface area (Å²) in [5.74, 6) is -0.357. The summed E-state index contributed by atoms with van der Waals surface area (Å²) >= 11 is 6.97. The average molecular weight is 604 g/mol. The van der Waals surface area contributed by atoms with Crippen LogP contribution in [0.5, 0.6) is 0 Å². The van der Waals surface area contributed by atoms with E-state index < -0.39 is 32.6 Å². The first-order chi connectivity index (χ1) is 18.3. The van der Waals surface area contributed by atoms with Crippen molar-refractivity contribution < 1.29 is 31.3 Å². The molecule has 1 aliphatic rings. The maximum Gasteiger partial charge on any atom is 0.417 e. The van der Waals surface area contributed by atoms with E-state index in [1.165, 1.54) is 34.6 Å². The van der Waals surface area contributed by atoms with Gasteiger partial charge in [0.15, 0.2) is 0 Å². The molecule has 2 aromatic heterocycles. The highest BCUT2D eigenvalue weighted by atomic mass is 35.5. The summed E-state index contributed by atoms with van der Waals surface area (Å²) < 4.78 is 66.2. The third kappa shape index (κ3) is 6.84. The minimum atomic E-state index is -4.56. The number of hydrogen-bond donors (Lipinski definition) is 2. The second-order valence-corrected chi connectivity index (χ2v) is 12.3. The summed E-state index contributed by atoms with van der Waals surface area (Å²) in [4.78, 5) is 26.9. The molecule has 1 aromatic carbocycles. The third-order valence-electron chi connectivity index (χ3n) is 5.96. The Balaban J connectivity index is 1.31. The molecule has 0 aliphatic carbocycles. The number of rotatable bonds is 8. The van der Waals surface area contributed by atoms with Crippen molar-refractivity contribution in [1.82, 2.24) is 14.6 Å². The van der Waals surface area contributed by atoms with Gasteiger partial charge in [-0.25, -0.2) is 13.4 Å². The maximum absolute atomic E-state index is 13.1. The van der Waals surface area contributed by atoms with E-state index in [0.29, 0.717) is 23.9 Å². The number of anilines is 1. The van der Waals surface area contributed by atoms with Crippen molar-refractivity contribution in [1.29, 1.82) is 0 Å². The van der Waals surface area contributed by atoms with Crippen molar-refractivity contribution in [2.45, 2.75) is 35.8 Å². The number of carbonyl (C=O) groups is 1. The van der Waals surface area contributed by atoms with Gasteiger partial charge in [0.25, 0.3) is 21.6 Å². The molecule has 1 saturated heterocycles. The van der Waals surface area contributed by atoms with Gasteiger partial charge >= 0.3 is 6.18 Å². The summed E-state index contributed by atoms with van der Waals surface area (Å²) in [5.41, 5.74) is -0.867. The van der Waals surface area contributed by atoms with E-state index in [1.54, 1.807) is 6.07 Å². The molecule has 0 atom stereocenters. The molecule has 3 aromatic rings. The number of hydrogen-bond acceptors (Lipinski definition) is 8. The zero-order valence-corrected chi connectivity index (χ0v) is 22.3. The third-order valence-corrected chi connectivity index (χ3v) is 9.70. The van der Waals surface area contributed by atoms with Crippen molar-refractivity contribution >= 4 is 50.4 Å². The lowest BCUT2D eigenvalue weighted by atomic mass is 10.1. The lowest BCUT2D eigenvalue weighted by Crippen LogP contribution is -2.42. The second kappa shape index (κ2) is 11.5. The summed E-state index contributed by atoms with van der Waals surface area (Å²) in [6.07, 6.45) is -3.09. The first kappa shape index (κ1) is 28.7. The van der Waals surface area contributed by atoms with Crippen LogP contribution in [-0.4, -0.2) is 47.7 Å². The largest absolute Gasteiger partial charge is 0.417 e. The quantitative estimate of drug-likeness (QED) is 0.276. The van der Waals surface area contributed by atoms with Crippen LogP contribution in [-0.2, 0) is 22.7 Å². The van der Waals surface area contributed by atoms with Gasteiger partial charge < -0.3 is 10.6 Å². The highest BCUT2D eigenvalue weighted by Gasteiger charge is 2.33. The number of alkyl halides is 3. The van der Waals surface area contributed by atoms with Gasteiger partial charge in [-0.3, -0.25) is 14.9 Å². The first-order valence-corrected chi connectivity index (χ1v) is 14.1. The molecule has 208 valence electrons. The van der Waals surface area contributed by atoms with E-state index in [2.05, 4.69) is 15.6 Å². The van der Waals surface area contributed by atoms with Crippen molar-refractivity contribution in [2.24, 2.45) is 0 Å². The molecule has 2 N–H and O–H groups in total. The summed E-state index contributed by atoms with van der Waals surface area (Å²) in [6.45, 7) is 0.438. The first-order valence-electron chi connectivity index (χ1n) is 11.5. The lowest BCUT2D eigenvalue weighted by Gasteiger charge is -2.31. The normalized spacial score (nSPS) is 15.2. The van der Waals surface area contributed by atoms with Gasteiger partial charge in [0.1, 0.15) is 10.0 Å². The molecule has 1 fully saturated rings. The molecule has 3 heterocycles. The fourth-order valence-corrected chi connectivity index (χ4v) is 7.00. The number of nitro benzene ring substituents is 1. The SMILES string of the molecule is O=C(NCc1ccc(S(=O)(=O)N2CCC(Nc3ncc(C(F)(F)F)cc3Cl)CC2)s1)c1ccc([N+](=O)[O-])cc1. The Morgan fingerprint density at radius 3 is 2.44 bits per heavy atom. The molecule has 0 radical (unpaired) electrons. The van der Waals surface area contributed by atoms with E-state index in [0.717, 1.165) is 17.4 Å². The Hall–Kier alpha value is -3.27. The molecule has 1 amide bonds. The number of piperidine rings is 1. The fraction of sp³-hybridized carbons (Fsp3) is 0.304. The number of non-ortho nitro benzene ring substituents is 1. The number of nitrogens with zero attached hydrogens (tertiary/aromatic N) is 3. The van der Waals surface area contributed by atoms with E-state index >= 15 is 0 Å². The Morgan fingerprint density at radius 1 is 1.18 bits per heavy atom. The van der Waals surface area contributed by atoms with Crippen LogP contribution >= 0.6 is 22.9 Å². The van der Waals surface area contributed by atoms with E-state index in [4.69, 9.17) is 11.6 Å². The van der Waals surface area contributed by atoms with Crippen LogP contribution in [0.4, 0.5) is 24.7 Å². The number of sulfonamides is 1. The summed E-state index contributed by atoms with van der Waals surface area (Å²) in [6, 6.07) is 8.72. The second-order valence-electron chi connectivity index (χ2n) is 8.58. The fourth-order valence-electron chi connectivity index (χ4n) is 3.86. The highest BCUT2D eigenvalue weighted by Crippen LogP contribution is 2.33.